The molecule has 1 heterocycles. The number of aliphatic hydroxyl groups is 1. The molecular weight excluding hydrogens is 308 g/mol. The lowest BCUT2D eigenvalue weighted by atomic mass is 10.2. The smallest absolute Gasteiger partial charge is 0.119 e. The van der Waals surface area contributed by atoms with Gasteiger partial charge in [-0.15, -0.1) is 11.8 Å². The zero-order chi connectivity index (χ0) is 16.1. The van der Waals surface area contributed by atoms with Crippen LogP contribution in [0.1, 0.15) is 5.56 Å². The molecule has 118 valence electrons. The Balaban J connectivity index is 1.55. The zero-order valence-corrected chi connectivity index (χ0v) is 13.5. The molecular formula is C18H18N2O2S. The van der Waals surface area contributed by atoms with Crippen LogP contribution in [0.4, 0.5) is 5.69 Å². The molecule has 2 aromatic rings. The molecule has 0 radical (unpaired) electrons. The van der Waals surface area contributed by atoms with Gasteiger partial charge >= 0.3 is 0 Å². The summed E-state index contributed by atoms with van der Waals surface area (Å²) in [4.78, 5) is 3.47. The molecule has 3 rings (SSSR count). The highest BCUT2D eigenvalue weighted by molar-refractivity contribution is 7.99. The summed E-state index contributed by atoms with van der Waals surface area (Å²) in [5, 5.41) is 19.0. The number of para-hydroxylation sites is 1. The molecule has 0 aromatic heterocycles. The number of fused-ring (bicyclic) bond motifs is 1. The minimum absolute atomic E-state index is 0.234. The van der Waals surface area contributed by atoms with E-state index in [1.54, 1.807) is 24.3 Å². The highest BCUT2D eigenvalue weighted by atomic mass is 32.2. The molecule has 1 aliphatic heterocycles. The topological polar surface area (TPSA) is 56.5 Å². The predicted molar refractivity (Wildman–Crippen MR) is 92.0 cm³/mol. The number of nitriles is 1. The van der Waals surface area contributed by atoms with E-state index in [4.69, 9.17) is 10.00 Å². The van der Waals surface area contributed by atoms with Crippen molar-refractivity contribution in [2.75, 3.05) is 30.3 Å². The number of hydrogen-bond acceptors (Lipinski definition) is 5. The van der Waals surface area contributed by atoms with Crippen LogP contribution in [-0.2, 0) is 0 Å². The molecule has 0 amide bonds. The summed E-state index contributed by atoms with van der Waals surface area (Å²) >= 11 is 1.85. The van der Waals surface area contributed by atoms with E-state index in [0.29, 0.717) is 17.9 Å². The van der Waals surface area contributed by atoms with Gasteiger partial charge in [0.1, 0.15) is 18.5 Å². The van der Waals surface area contributed by atoms with Crippen LogP contribution in [0.3, 0.4) is 0 Å². The van der Waals surface area contributed by atoms with Crippen molar-refractivity contribution in [2.24, 2.45) is 0 Å². The molecule has 2 aromatic carbocycles. The normalized spacial score (nSPS) is 14.7. The van der Waals surface area contributed by atoms with Crippen LogP contribution < -0.4 is 9.64 Å². The van der Waals surface area contributed by atoms with Crippen molar-refractivity contribution >= 4 is 17.4 Å². The largest absolute Gasteiger partial charge is 0.491 e. The van der Waals surface area contributed by atoms with Gasteiger partial charge in [0, 0.05) is 23.7 Å². The first-order valence-corrected chi connectivity index (χ1v) is 8.52. The second-order valence-corrected chi connectivity index (χ2v) is 6.50. The first-order chi connectivity index (χ1) is 11.3. The number of nitrogens with zero attached hydrogens (tertiary/aromatic N) is 2. The number of benzene rings is 2. The third-order valence-electron chi connectivity index (χ3n) is 3.68. The summed E-state index contributed by atoms with van der Waals surface area (Å²) in [6, 6.07) is 17.3. The van der Waals surface area contributed by atoms with E-state index in [1.807, 2.05) is 23.9 Å². The first-order valence-electron chi connectivity index (χ1n) is 7.54. The maximum absolute atomic E-state index is 10.3. The van der Waals surface area contributed by atoms with Crippen molar-refractivity contribution in [1.29, 1.82) is 5.26 Å². The summed E-state index contributed by atoms with van der Waals surface area (Å²) in [6.07, 6.45) is -0.568. The molecule has 0 saturated heterocycles. The molecule has 1 unspecified atom stereocenters. The molecule has 0 fully saturated rings. The van der Waals surface area contributed by atoms with Crippen LogP contribution >= 0.6 is 11.8 Å². The van der Waals surface area contributed by atoms with E-state index >= 15 is 0 Å². The maximum atomic E-state index is 10.3. The summed E-state index contributed by atoms with van der Waals surface area (Å²) in [5.74, 6) is 1.69. The number of β-amino-alcohol motifs (C(OH)–C–C–N with tert-alkyl or cyclic N) is 1. The molecule has 1 atom stereocenters. The van der Waals surface area contributed by atoms with Gasteiger partial charge in [-0.25, -0.2) is 0 Å². The molecule has 0 aliphatic carbocycles. The van der Waals surface area contributed by atoms with Gasteiger partial charge in [0.15, 0.2) is 0 Å². The van der Waals surface area contributed by atoms with E-state index < -0.39 is 6.10 Å². The van der Waals surface area contributed by atoms with Crippen molar-refractivity contribution in [3.8, 4) is 11.8 Å². The Morgan fingerprint density at radius 3 is 2.78 bits per heavy atom. The van der Waals surface area contributed by atoms with Gasteiger partial charge in [-0.2, -0.15) is 5.26 Å². The molecule has 1 N–H and O–H groups in total. The van der Waals surface area contributed by atoms with Crippen molar-refractivity contribution in [1.82, 2.24) is 0 Å². The number of anilines is 1. The third-order valence-corrected chi connectivity index (χ3v) is 4.72. The van der Waals surface area contributed by atoms with Gasteiger partial charge in [-0.3, -0.25) is 0 Å². The summed E-state index contributed by atoms with van der Waals surface area (Å²) in [5.41, 5.74) is 1.78. The lowest BCUT2D eigenvalue weighted by Gasteiger charge is -2.32. The number of aliphatic hydroxyl groups excluding tert-OH is 1. The van der Waals surface area contributed by atoms with E-state index in [9.17, 15) is 5.11 Å². The molecule has 4 nitrogen and oxygen atoms in total. The lowest BCUT2D eigenvalue weighted by Crippen LogP contribution is -2.38. The number of rotatable bonds is 5. The second-order valence-electron chi connectivity index (χ2n) is 5.36. The van der Waals surface area contributed by atoms with E-state index in [-0.39, 0.29) is 6.61 Å². The minimum Gasteiger partial charge on any atom is -0.491 e. The van der Waals surface area contributed by atoms with Gasteiger partial charge < -0.3 is 14.7 Å². The fraction of sp³-hybridized carbons (Fsp3) is 0.278. The summed E-state index contributed by atoms with van der Waals surface area (Å²) in [6.45, 7) is 1.71. The fourth-order valence-electron chi connectivity index (χ4n) is 2.54. The van der Waals surface area contributed by atoms with Gasteiger partial charge in [0.2, 0.25) is 0 Å². The van der Waals surface area contributed by atoms with Crippen molar-refractivity contribution in [3.05, 3.63) is 54.1 Å². The molecule has 5 heteroatoms. The van der Waals surface area contributed by atoms with E-state index in [0.717, 1.165) is 12.3 Å². The van der Waals surface area contributed by atoms with Crippen LogP contribution in [0.2, 0.25) is 0 Å². The maximum Gasteiger partial charge on any atom is 0.119 e. The Hall–Kier alpha value is -2.16. The highest BCUT2D eigenvalue weighted by Gasteiger charge is 2.19. The summed E-state index contributed by atoms with van der Waals surface area (Å²) in [7, 11) is 0. The Kier molecular flexibility index (Phi) is 5.06. The number of hydrogen-bond donors (Lipinski definition) is 1. The van der Waals surface area contributed by atoms with Crippen molar-refractivity contribution in [2.45, 2.75) is 11.0 Å². The van der Waals surface area contributed by atoms with Gasteiger partial charge in [0.05, 0.1) is 17.3 Å². The molecule has 23 heavy (non-hydrogen) atoms. The summed E-state index contributed by atoms with van der Waals surface area (Å²) < 4.78 is 5.61. The van der Waals surface area contributed by atoms with Crippen LogP contribution in [-0.4, -0.2) is 36.7 Å². The first kappa shape index (κ1) is 15.7. The van der Waals surface area contributed by atoms with Crippen molar-refractivity contribution < 1.29 is 9.84 Å². The van der Waals surface area contributed by atoms with E-state index in [2.05, 4.69) is 23.1 Å². The molecule has 0 bridgehead atoms. The average Bonchev–Trinajstić information content (AvgIpc) is 2.61. The van der Waals surface area contributed by atoms with Gasteiger partial charge in [-0.1, -0.05) is 12.1 Å². The number of ether oxygens (including phenoxy) is 1. The van der Waals surface area contributed by atoms with E-state index in [1.165, 1.54) is 10.6 Å². The predicted octanol–water partition coefficient (Wildman–Crippen LogP) is 2.91. The Morgan fingerprint density at radius 1 is 1.22 bits per heavy atom. The van der Waals surface area contributed by atoms with Crippen molar-refractivity contribution in [3.63, 3.8) is 0 Å². The zero-order valence-electron chi connectivity index (χ0n) is 12.7. The SMILES string of the molecule is N#Cc1ccc(OCC(O)CN2CCSc3ccccc32)cc1. The average molecular weight is 326 g/mol. The molecule has 0 spiro atoms. The third kappa shape index (κ3) is 3.98. The van der Waals surface area contributed by atoms with Crippen LogP contribution in [0.25, 0.3) is 0 Å². The van der Waals surface area contributed by atoms with Gasteiger partial charge in [-0.05, 0) is 36.4 Å². The Morgan fingerprint density at radius 2 is 2.00 bits per heavy atom. The quantitative estimate of drug-likeness (QED) is 0.915. The Labute approximate surface area is 140 Å². The fourth-order valence-corrected chi connectivity index (χ4v) is 3.59. The highest BCUT2D eigenvalue weighted by Crippen LogP contribution is 2.34. The van der Waals surface area contributed by atoms with Crippen LogP contribution in [0, 0.1) is 11.3 Å². The molecule has 0 saturated carbocycles. The van der Waals surface area contributed by atoms with Crippen LogP contribution in [0.5, 0.6) is 5.75 Å². The Bertz CT molecular complexity index is 697. The standard InChI is InChI=1S/C18H18N2O2S/c19-11-14-5-7-16(8-6-14)22-13-15(21)12-20-9-10-23-18-4-2-1-3-17(18)20/h1-8,15,21H,9-10,12-13H2. The minimum atomic E-state index is -0.568. The van der Waals surface area contributed by atoms with Crippen LogP contribution in [0.15, 0.2) is 53.4 Å². The molecule has 1 aliphatic rings. The van der Waals surface area contributed by atoms with Gasteiger partial charge in [0.25, 0.3) is 0 Å². The lowest BCUT2D eigenvalue weighted by molar-refractivity contribution is 0.112. The second kappa shape index (κ2) is 7.40. The monoisotopic (exact) mass is 326 g/mol. The number of thioether (sulfide) groups is 1.